The molecule has 0 rings (SSSR count). The topological polar surface area (TPSA) is 76.2 Å². The van der Waals surface area contributed by atoms with Crippen LogP contribution in [0, 0.1) is 0 Å². The second kappa shape index (κ2) is 16.9. The summed E-state index contributed by atoms with van der Waals surface area (Å²) in [5, 5.41) is 0. The molecule has 9 heteroatoms. The van der Waals surface area contributed by atoms with Crippen molar-refractivity contribution < 1.29 is 17.2 Å². The van der Waals surface area contributed by atoms with Crippen LogP contribution in [0.15, 0.2) is 0 Å². The molecule has 0 atom stereocenters. The smallest absolute Gasteiger partial charge is 0.226 e. The first kappa shape index (κ1) is 30.4. The van der Waals surface area contributed by atoms with E-state index in [2.05, 4.69) is 67.0 Å². The van der Waals surface area contributed by atoms with E-state index in [9.17, 15) is 13.0 Å². The van der Waals surface area contributed by atoms with E-state index in [4.69, 9.17) is 0 Å². The lowest BCUT2D eigenvalue weighted by Crippen LogP contribution is -2.43. The lowest BCUT2D eigenvalue weighted by atomic mass is 10.3. The minimum absolute atomic E-state index is 0.0914. The van der Waals surface area contributed by atoms with E-state index in [1.54, 1.807) is 0 Å². The molecule has 0 spiro atoms. The molecule has 0 fully saturated rings. The highest BCUT2D eigenvalue weighted by atomic mass is 32.3. The Bertz CT molecular complexity index is 430. The maximum Gasteiger partial charge on any atom is 0.226 e. The summed E-state index contributed by atoms with van der Waals surface area (Å²) in [5.41, 5.74) is 0. The Morgan fingerprint density at radius 1 is 0.750 bits per heavy atom. The molecule has 0 unspecified atom stereocenters. The Balaban J connectivity index is 0. The molecule has 0 aromatic heterocycles. The lowest BCUT2D eigenvalue weighted by molar-refractivity contribution is 0.275. The van der Waals surface area contributed by atoms with E-state index < -0.39 is 18.1 Å². The highest BCUT2D eigenvalue weighted by Crippen LogP contribution is 2.65. The van der Waals surface area contributed by atoms with E-state index in [0.29, 0.717) is 0 Å². The van der Waals surface area contributed by atoms with Gasteiger partial charge in [0, 0.05) is 40.8 Å². The monoisotopic (exact) mass is 443 g/mol. The third-order valence-electron chi connectivity index (χ3n) is 4.83. The molecule has 0 aliphatic heterocycles. The lowest BCUT2D eigenvalue weighted by Gasteiger charge is -2.44. The Labute approximate surface area is 176 Å². The second-order valence-corrected chi connectivity index (χ2v) is 12.1. The standard InChI is InChI=1S/C17H41N3P.C2H6O4S/c1-8-12-15-18(5)21(11-4,19(6)16-13-9-2)20(7)17-14-10-3;1-2-6-7(3,4)5/h8-17H2,1-7H3;2H2,1H3,(H,3,4,5)/q+1;/p-1. The zero-order valence-electron chi connectivity index (χ0n) is 19.6. The van der Waals surface area contributed by atoms with Crippen molar-refractivity contribution in [2.24, 2.45) is 0 Å². The zero-order valence-corrected chi connectivity index (χ0v) is 21.3. The van der Waals surface area contributed by atoms with Crippen LogP contribution in [0.25, 0.3) is 0 Å². The first-order valence-electron chi connectivity index (χ1n) is 10.7. The highest BCUT2D eigenvalue weighted by molar-refractivity contribution is 7.80. The molecule has 0 radical (unpaired) electrons. The van der Waals surface area contributed by atoms with Gasteiger partial charge in [0.25, 0.3) is 0 Å². The summed E-state index contributed by atoms with van der Waals surface area (Å²) >= 11 is 0. The van der Waals surface area contributed by atoms with E-state index in [0.717, 1.165) is 0 Å². The molecule has 0 N–H and O–H groups in total. The van der Waals surface area contributed by atoms with Crippen LogP contribution >= 0.6 is 7.71 Å². The predicted molar refractivity (Wildman–Crippen MR) is 121 cm³/mol. The van der Waals surface area contributed by atoms with Gasteiger partial charge in [-0.25, -0.2) is 8.42 Å². The molecule has 172 valence electrons. The van der Waals surface area contributed by atoms with E-state index in [1.807, 2.05) is 0 Å². The molecule has 0 aliphatic carbocycles. The minimum atomic E-state index is -4.42. The summed E-state index contributed by atoms with van der Waals surface area (Å²) in [5.74, 6) is 0. The maximum absolute atomic E-state index is 9.45. The molecule has 0 saturated heterocycles. The molecule has 0 aliphatic rings. The van der Waals surface area contributed by atoms with Crippen molar-refractivity contribution in [2.75, 3.05) is 53.5 Å². The number of hydrogen-bond donors (Lipinski definition) is 0. The van der Waals surface area contributed by atoms with E-state index in [-0.39, 0.29) is 6.61 Å². The first-order valence-corrected chi connectivity index (χ1v) is 13.9. The van der Waals surface area contributed by atoms with Gasteiger partial charge in [0.15, 0.2) is 0 Å². The van der Waals surface area contributed by atoms with Crippen molar-refractivity contribution in [3.05, 3.63) is 0 Å². The van der Waals surface area contributed by atoms with E-state index >= 15 is 0 Å². The van der Waals surface area contributed by atoms with Crippen molar-refractivity contribution in [3.63, 3.8) is 0 Å². The van der Waals surface area contributed by atoms with Crippen LogP contribution in [0.2, 0.25) is 0 Å². The van der Waals surface area contributed by atoms with Crippen LogP contribution < -0.4 is 0 Å². The van der Waals surface area contributed by atoms with Gasteiger partial charge in [0.05, 0.1) is 6.61 Å². The summed E-state index contributed by atoms with van der Waals surface area (Å²) in [4.78, 5) is 0. The fraction of sp³-hybridized carbons (Fsp3) is 1.00. The molecule has 0 bridgehead atoms. The Morgan fingerprint density at radius 2 is 1.07 bits per heavy atom. The molecule has 0 saturated carbocycles. The molecule has 7 nitrogen and oxygen atoms in total. The number of hydrogen-bond acceptors (Lipinski definition) is 7. The number of rotatable bonds is 15. The van der Waals surface area contributed by atoms with Crippen molar-refractivity contribution in [2.45, 2.75) is 73.1 Å². The molecular weight excluding hydrogens is 397 g/mol. The first-order chi connectivity index (χ1) is 13.1. The third kappa shape index (κ3) is 12.0. The van der Waals surface area contributed by atoms with Crippen LogP contribution in [-0.4, -0.2) is 80.5 Å². The fourth-order valence-electron chi connectivity index (χ4n) is 3.29. The average Bonchev–Trinajstić information content (AvgIpc) is 2.63. The normalized spacial score (nSPS) is 12.6. The zero-order chi connectivity index (χ0) is 22.2. The SMILES string of the molecule is CCCCN(C)[P+](CC)(N(C)CCCC)N(C)CCCC.CCOS(=O)(=O)[O-]. The van der Waals surface area contributed by atoms with Gasteiger partial charge >= 0.3 is 0 Å². The van der Waals surface area contributed by atoms with Crippen LogP contribution in [0.3, 0.4) is 0 Å². The molecular formula is C19H46N3O4PS. The fourth-order valence-corrected chi connectivity index (χ4v) is 7.98. The second-order valence-electron chi connectivity index (χ2n) is 7.03. The van der Waals surface area contributed by atoms with Gasteiger partial charge in [-0.05, 0) is 33.1 Å². The average molecular weight is 444 g/mol. The van der Waals surface area contributed by atoms with Crippen LogP contribution in [0.1, 0.15) is 73.1 Å². The maximum atomic E-state index is 9.45. The van der Waals surface area contributed by atoms with Crippen molar-refractivity contribution in [1.82, 2.24) is 14.0 Å². The largest absolute Gasteiger partial charge is 0.726 e. The molecule has 0 aromatic rings. The van der Waals surface area contributed by atoms with Crippen LogP contribution in [0.5, 0.6) is 0 Å². The molecule has 0 aromatic carbocycles. The molecule has 0 amide bonds. The van der Waals surface area contributed by atoms with Gasteiger partial charge in [0.2, 0.25) is 18.1 Å². The summed E-state index contributed by atoms with van der Waals surface area (Å²) < 4.78 is 40.1. The van der Waals surface area contributed by atoms with Crippen molar-refractivity contribution >= 4 is 18.1 Å². The number of nitrogens with zero attached hydrogens (tertiary/aromatic N) is 3. The van der Waals surface area contributed by atoms with Crippen LogP contribution in [-0.2, 0) is 14.6 Å². The quantitative estimate of drug-likeness (QED) is 0.210. The molecule has 0 heterocycles. The van der Waals surface area contributed by atoms with Gasteiger partial charge in [-0.2, -0.15) is 14.0 Å². The molecule has 28 heavy (non-hydrogen) atoms. The Hall–Kier alpha value is 0.180. The van der Waals surface area contributed by atoms with Gasteiger partial charge in [-0.15, -0.1) is 0 Å². The van der Waals surface area contributed by atoms with Gasteiger partial charge in [-0.3, -0.25) is 4.18 Å². The van der Waals surface area contributed by atoms with Crippen LogP contribution in [0.4, 0.5) is 0 Å². The predicted octanol–water partition coefficient (Wildman–Crippen LogP) is 4.45. The minimum Gasteiger partial charge on any atom is -0.726 e. The number of unbranched alkanes of at least 4 members (excludes halogenated alkanes) is 3. The van der Waals surface area contributed by atoms with Crippen molar-refractivity contribution in [3.8, 4) is 0 Å². The van der Waals surface area contributed by atoms with E-state index in [1.165, 1.54) is 71.2 Å². The Kier molecular flexibility index (Phi) is 18.4. The summed E-state index contributed by atoms with van der Waals surface area (Å²) in [6, 6.07) is 0. The third-order valence-corrected chi connectivity index (χ3v) is 10.1. The van der Waals surface area contributed by atoms with Gasteiger partial charge < -0.3 is 4.55 Å². The Morgan fingerprint density at radius 3 is 1.21 bits per heavy atom. The summed E-state index contributed by atoms with van der Waals surface area (Å²) in [7, 11) is 1.31. The van der Waals surface area contributed by atoms with Crippen molar-refractivity contribution in [1.29, 1.82) is 0 Å². The van der Waals surface area contributed by atoms with Gasteiger partial charge in [0.1, 0.15) is 6.16 Å². The summed E-state index contributed by atoms with van der Waals surface area (Å²) in [6.45, 7) is 14.3. The van der Waals surface area contributed by atoms with Gasteiger partial charge in [-0.1, -0.05) is 40.0 Å². The highest BCUT2D eigenvalue weighted by Gasteiger charge is 2.49. The summed E-state index contributed by atoms with van der Waals surface area (Å²) in [6.07, 6.45) is 9.03.